The number of hydrogen-bond acceptors (Lipinski definition) is 4. The molecule has 1 amide bonds. The second kappa shape index (κ2) is 7.45. The van der Waals surface area contributed by atoms with Crippen LogP contribution in [0.15, 0.2) is 23.1 Å². The van der Waals surface area contributed by atoms with E-state index in [1.54, 1.807) is 12.1 Å². The van der Waals surface area contributed by atoms with Crippen LogP contribution in [0, 0.1) is 6.92 Å². The number of aryl methyl sites for hydroxylation is 1. The summed E-state index contributed by atoms with van der Waals surface area (Å²) in [6.45, 7) is 5.78. The number of anilines is 1. The fourth-order valence-corrected chi connectivity index (χ4v) is 3.38. The second-order valence-corrected chi connectivity index (χ2v) is 7.46. The molecule has 0 aliphatic heterocycles. The van der Waals surface area contributed by atoms with Crippen molar-refractivity contribution in [2.75, 3.05) is 12.3 Å². The van der Waals surface area contributed by atoms with Gasteiger partial charge in [-0.05, 0) is 38.0 Å². The molecule has 118 valence electrons. The summed E-state index contributed by atoms with van der Waals surface area (Å²) in [5.74, 6) is -0.480. The van der Waals surface area contributed by atoms with Crippen molar-refractivity contribution >= 4 is 21.4 Å². The van der Waals surface area contributed by atoms with E-state index in [4.69, 9.17) is 5.73 Å². The van der Waals surface area contributed by atoms with Crippen molar-refractivity contribution in [3.8, 4) is 0 Å². The number of rotatable bonds is 7. The normalized spacial score (nSPS) is 12.9. The van der Waals surface area contributed by atoms with Gasteiger partial charge in [0.05, 0.1) is 10.6 Å². The second-order valence-electron chi connectivity index (χ2n) is 5.23. The van der Waals surface area contributed by atoms with Crippen LogP contribution in [0.25, 0.3) is 0 Å². The van der Waals surface area contributed by atoms with Crippen molar-refractivity contribution in [3.63, 3.8) is 0 Å². The van der Waals surface area contributed by atoms with Crippen LogP contribution < -0.4 is 11.1 Å². The van der Waals surface area contributed by atoms with Gasteiger partial charge in [-0.15, -0.1) is 0 Å². The number of benzene rings is 1. The van der Waals surface area contributed by atoms with E-state index in [-0.39, 0.29) is 10.6 Å². The van der Waals surface area contributed by atoms with Crippen LogP contribution in [0.5, 0.6) is 0 Å². The number of amides is 1. The Kier molecular flexibility index (Phi) is 6.20. The van der Waals surface area contributed by atoms with Gasteiger partial charge in [-0.1, -0.05) is 25.8 Å². The zero-order valence-electron chi connectivity index (χ0n) is 12.8. The Morgan fingerprint density at radius 1 is 1.33 bits per heavy atom. The first-order valence-electron chi connectivity index (χ1n) is 7.18. The lowest BCUT2D eigenvalue weighted by Crippen LogP contribution is -2.38. The van der Waals surface area contributed by atoms with E-state index in [1.807, 2.05) is 6.92 Å². The maximum atomic E-state index is 12.5. The van der Waals surface area contributed by atoms with Gasteiger partial charge in [0, 0.05) is 6.54 Å². The molecule has 1 unspecified atom stereocenters. The monoisotopic (exact) mass is 312 g/mol. The van der Waals surface area contributed by atoms with Crippen molar-refractivity contribution in [2.45, 2.75) is 50.2 Å². The molecule has 0 saturated heterocycles. The first-order valence-corrected chi connectivity index (χ1v) is 8.73. The highest BCUT2D eigenvalue weighted by molar-refractivity contribution is 7.93. The SMILES string of the molecule is CCCCCNC(=O)C(C)S(=O)(=O)c1ccc(C)cc1N. The zero-order chi connectivity index (χ0) is 16.0. The summed E-state index contributed by atoms with van der Waals surface area (Å²) in [5, 5.41) is 1.52. The van der Waals surface area contributed by atoms with Gasteiger partial charge in [0.2, 0.25) is 5.91 Å². The average molecular weight is 312 g/mol. The minimum atomic E-state index is -3.77. The molecule has 6 heteroatoms. The van der Waals surface area contributed by atoms with Crippen LogP contribution in [-0.2, 0) is 14.6 Å². The van der Waals surface area contributed by atoms with Gasteiger partial charge in [-0.3, -0.25) is 4.79 Å². The van der Waals surface area contributed by atoms with Gasteiger partial charge < -0.3 is 11.1 Å². The highest BCUT2D eigenvalue weighted by Gasteiger charge is 2.30. The molecule has 0 aliphatic rings. The summed E-state index contributed by atoms with van der Waals surface area (Å²) in [7, 11) is -3.77. The lowest BCUT2D eigenvalue weighted by Gasteiger charge is -2.15. The molecule has 5 nitrogen and oxygen atoms in total. The molecule has 0 heterocycles. The molecule has 0 spiro atoms. The average Bonchev–Trinajstić information content (AvgIpc) is 2.42. The number of nitrogen functional groups attached to an aromatic ring is 1. The highest BCUT2D eigenvalue weighted by Crippen LogP contribution is 2.23. The van der Waals surface area contributed by atoms with Crippen LogP contribution in [0.2, 0.25) is 0 Å². The van der Waals surface area contributed by atoms with E-state index in [0.29, 0.717) is 6.54 Å². The molecule has 0 bridgehead atoms. The molecule has 1 aromatic carbocycles. The van der Waals surface area contributed by atoms with Crippen molar-refractivity contribution < 1.29 is 13.2 Å². The predicted molar refractivity (Wildman–Crippen MR) is 84.8 cm³/mol. The van der Waals surface area contributed by atoms with Crippen LogP contribution in [0.1, 0.15) is 38.7 Å². The molecule has 0 saturated carbocycles. The molecule has 1 atom stereocenters. The molecular weight excluding hydrogens is 288 g/mol. The third-order valence-electron chi connectivity index (χ3n) is 3.39. The third-order valence-corrected chi connectivity index (χ3v) is 5.52. The summed E-state index contributed by atoms with van der Waals surface area (Å²) in [6, 6.07) is 4.73. The van der Waals surface area contributed by atoms with Crippen LogP contribution >= 0.6 is 0 Å². The predicted octanol–water partition coefficient (Wildman–Crippen LogP) is 2.05. The van der Waals surface area contributed by atoms with E-state index in [2.05, 4.69) is 12.2 Å². The topological polar surface area (TPSA) is 89.3 Å². The minimum Gasteiger partial charge on any atom is -0.398 e. The van der Waals surface area contributed by atoms with Gasteiger partial charge in [-0.25, -0.2) is 8.42 Å². The molecule has 1 aromatic rings. The van der Waals surface area contributed by atoms with E-state index in [9.17, 15) is 13.2 Å². The van der Waals surface area contributed by atoms with Crippen LogP contribution in [-0.4, -0.2) is 26.1 Å². The third kappa shape index (κ3) is 4.46. The molecule has 3 N–H and O–H groups in total. The molecule has 0 aromatic heterocycles. The fourth-order valence-electron chi connectivity index (χ4n) is 1.99. The van der Waals surface area contributed by atoms with Crippen LogP contribution in [0.4, 0.5) is 5.69 Å². The summed E-state index contributed by atoms with van der Waals surface area (Å²) in [5.41, 5.74) is 6.83. The molecule has 0 radical (unpaired) electrons. The Labute approximate surface area is 126 Å². The van der Waals surface area contributed by atoms with E-state index >= 15 is 0 Å². The number of hydrogen-bond donors (Lipinski definition) is 2. The van der Waals surface area contributed by atoms with Crippen molar-refractivity contribution in [2.24, 2.45) is 0 Å². The Morgan fingerprint density at radius 2 is 2.00 bits per heavy atom. The van der Waals surface area contributed by atoms with Gasteiger partial charge in [0.25, 0.3) is 0 Å². The first kappa shape index (κ1) is 17.5. The van der Waals surface area contributed by atoms with Crippen molar-refractivity contribution in [3.05, 3.63) is 23.8 Å². The van der Waals surface area contributed by atoms with Crippen molar-refractivity contribution in [1.29, 1.82) is 0 Å². The van der Waals surface area contributed by atoms with E-state index < -0.39 is 21.0 Å². The first-order chi connectivity index (χ1) is 9.80. The number of nitrogens with one attached hydrogen (secondary N) is 1. The number of carbonyl (C=O) groups is 1. The van der Waals surface area contributed by atoms with E-state index in [1.165, 1.54) is 13.0 Å². The van der Waals surface area contributed by atoms with Gasteiger partial charge in [-0.2, -0.15) is 0 Å². The number of unbranched alkanes of at least 4 members (excludes halogenated alkanes) is 2. The summed E-state index contributed by atoms with van der Waals surface area (Å²) in [4.78, 5) is 12.0. The van der Waals surface area contributed by atoms with Gasteiger partial charge >= 0.3 is 0 Å². The molecule has 1 rings (SSSR count). The zero-order valence-corrected chi connectivity index (χ0v) is 13.7. The summed E-state index contributed by atoms with van der Waals surface area (Å²) < 4.78 is 24.9. The molecule has 0 fully saturated rings. The Hall–Kier alpha value is -1.56. The quantitative estimate of drug-likeness (QED) is 0.595. The smallest absolute Gasteiger partial charge is 0.238 e. The Morgan fingerprint density at radius 3 is 2.57 bits per heavy atom. The van der Waals surface area contributed by atoms with E-state index in [0.717, 1.165) is 24.8 Å². The lowest BCUT2D eigenvalue weighted by molar-refractivity contribution is -0.120. The number of carbonyl (C=O) groups excluding carboxylic acids is 1. The maximum absolute atomic E-state index is 12.5. The molecule has 21 heavy (non-hydrogen) atoms. The fraction of sp³-hybridized carbons (Fsp3) is 0.533. The summed E-state index contributed by atoms with van der Waals surface area (Å²) in [6.07, 6.45) is 2.90. The van der Waals surface area contributed by atoms with Gasteiger partial charge in [0.15, 0.2) is 9.84 Å². The Bertz CT molecular complexity index is 597. The Balaban J connectivity index is 2.84. The highest BCUT2D eigenvalue weighted by atomic mass is 32.2. The maximum Gasteiger partial charge on any atom is 0.238 e. The minimum absolute atomic E-state index is 0.0179. The lowest BCUT2D eigenvalue weighted by atomic mass is 10.2. The molecular formula is C15H24N2O3S. The summed E-state index contributed by atoms with van der Waals surface area (Å²) >= 11 is 0. The number of nitrogens with two attached hydrogens (primary N) is 1. The molecule has 0 aliphatic carbocycles. The largest absolute Gasteiger partial charge is 0.398 e. The van der Waals surface area contributed by atoms with Gasteiger partial charge in [0.1, 0.15) is 5.25 Å². The number of sulfone groups is 1. The standard InChI is InChI=1S/C15H24N2O3S/c1-4-5-6-9-17-15(18)12(3)21(19,20)14-8-7-11(2)10-13(14)16/h7-8,10,12H,4-6,9,16H2,1-3H3,(H,17,18). The van der Waals surface area contributed by atoms with Crippen LogP contribution in [0.3, 0.4) is 0 Å². The van der Waals surface area contributed by atoms with Crippen molar-refractivity contribution in [1.82, 2.24) is 5.32 Å².